The Labute approximate surface area is 166 Å². The van der Waals surface area contributed by atoms with Crippen molar-refractivity contribution in [3.8, 4) is 17.1 Å². The first-order valence-electron chi connectivity index (χ1n) is 9.01. The van der Waals surface area contributed by atoms with Crippen LogP contribution in [0.1, 0.15) is 31.9 Å². The van der Waals surface area contributed by atoms with Crippen molar-refractivity contribution in [2.24, 2.45) is 0 Å². The molecule has 4 rings (SSSR count). The summed E-state index contributed by atoms with van der Waals surface area (Å²) in [6.45, 7) is 6.52. The molecule has 0 fully saturated rings. The minimum absolute atomic E-state index is 0.0747. The third-order valence-corrected chi connectivity index (χ3v) is 5.63. The van der Waals surface area contributed by atoms with Gasteiger partial charge in [0, 0.05) is 5.56 Å². The lowest BCUT2D eigenvalue weighted by molar-refractivity contribution is 0.415. The Morgan fingerprint density at radius 3 is 2.29 bits per heavy atom. The average Bonchev–Trinajstić information content (AvgIpc) is 3.22. The number of methoxy groups -OCH3 is 1. The fraction of sp³-hybridized carbons (Fsp3) is 0.227. The van der Waals surface area contributed by atoms with Crippen LogP contribution in [0.4, 0.5) is 0 Å². The number of hydrogen-bond donors (Lipinski definition) is 0. The van der Waals surface area contributed by atoms with Crippen LogP contribution in [0.25, 0.3) is 22.4 Å². The molecule has 2 heterocycles. The van der Waals surface area contributed by atoms with E-state index in [1.165, 1.54) is 16.9 Å². The van der Waals surface area contributed by atoms with Crippen molar-refractivity contribution in [3.05, 3.63) is 74.5 Å². The molecule has 0 saturated carbocycles. The van der Waals surface area contributed by atoms with E-state index < -0.39 is 0 Å². The number of nitrogens with zero attached hydrogens (tertiary/aromatic N) is 3. The summed E-state index contributed by atoms with van der Waals surface area (Å²) in [5.74, 6) is 1.36. The van der Waals surface area contributed by atoms with E-state index in [-0.39, 0.29) is 11.0 Å². The predicted molar refractivity (Wildman–Crippen MR) is 113 cm³/mol. The van der Waals surface area contributed by atoms with Crippen molar-refractivity contribution in [3.63, 3.8) is 0 Å². The highest BCUT2D eigenvalue weighted by Gasteiger charge is 2.16. The van der Waals surface area contributed by atoms with Gasteiger partial charge in [0.1, 0.15) is 5.75 Å². The number of thiazole rings is 1. The van der Waals surface area contributed by atoms with Crippen LogP contribution in [0, 0.1) is 0 Å². The van der Waals surface area contributed by atoms with Gasteiger partial charge in [-0.05, 0) is 34.8 Å². The standard InChI is InChI=1S/C22H21N3O2S/c1-22(2,3)16-9-7-15(8-10-16)19-23-24-21-25(19)20(26)18(28-21)13-14-5-11-17(27-4)12-6-14/h5-13H,1-4H3/b18-13-. The van der Waals surface area contributed by atoms with Crippen molar-refractivity contribution in [1.82, 2.24) is 14.6 Å². The van der Waals surface area contributed by atoms with Crippen LogP contribution in [0.3, 0.4) is 0 Å². The molecule has 0 aliphatic rings. The molecule has 0 saturated heterocycles. The van der Waals surface area contributed by atoms with Crippen LogP contribution in [0.5, 0.6) is 5.75 Å². The van der Waals surface area contributed by atoms with Crippen molar-refractivity contribution in [2.45, 2.75) is 26.2 Å². The van der Waals surface area contributed by atoms with Gasteiger partial charge in [-0.3, -0.25) is 4.79 Å². The highest BCUT2D eigenvalue weighted by Crippen LogP contribution is 2.25. The molecular weight excluding hydrogens is 370 g/mol. The Morgan fingerprint density at radius 1 is 1.00 bits per heavy atom. The van der Waals surface area contributed by atoms with Crippen molar-refractivity contribution in [1.29, 1.82) is 0 Å². The van der Waals surface area contributed by atoms with E-state index in [1.807, 2.05) is 42.5 Å². The van der Waals surface area contributed by atoms with Gasteiger partial charge in [0.05, 0.1) is 11.6 Å². The molecule has 142 valence electrons. The third-order valence-electron chi connectivity index (χ3n) is 4.67. The molecule has 28 heavy (non-hydrogen) atoms. The molecule has 2 aromatic heterocycles. The zero-order chi connectivity index (χ0) is 19.9. The minimum atomic E-state index is -0.101. The maximum absolute atomic E-state index is 13.0. The number of benzene rings is 2. The fourth-order valence-corrected chi connectivity index (χ4v) is 3.93. The number of aromatic nitrogens is 3. The van der Waals surface area contributed by atoms with Crippen LogP contribution in [-0.2, 0) is 5.41 Å². The van der Waals surface area contributed by atoms with E-state index in [0.717, 1.165) is 16.9 Å². The highest BCUT2D eigenvalue weighted by molar-refractivity contribution is 7.15. The van der Waals surface area contributed by atoms with Crippen LogP contribution in [0.2, 0.25) is 0 Å². The normalized spacial score (nSPS) is 12.6. The summed E-state index contributed by atoms with van der Waals surface area (Å²) in [5.41, 5.74) is 3.03. The highest BCUT2D eigenvalue weighted by atomic mass is 32.1. The minimum Gasteiger partial charge on any atom is -0.497 e. The average molecular weight is 391 g/mol. The summed E-state index contributed by atoms with van der Waals surface area (Å²) in [6, 6.07) is 15.8. The summed E-state index contributed by atoms with van der Waals surface area (Å²) >= 11 is 1.34. The Kier molecular flexibility index (Phi) is 4.51. The van der Waals surface area contributed by atoms with Crippen LogP contribution in [-0.4, -0.2) is 21.7 Å². The second kappa shape index (κ2) is 6.87. The number of ether oxygens (including phenoxy) is 1. The fourth-order valence-electron chi connectivity index (χ4n) is 3.02. The van der Waals surface area contributed by atoms with Gasteiger partial charge < -0.3 is 4.74 Å². The largest absolute Gasteiger partial charge is 0.497 e. The second-order valence-corrected chi connectivity index (χ2v) is 8.67. The molecule has 0 atom stereocenters. The molecule has 0 spiro atoms. The van der Waals surface area contributed by atoms with E-state index >= 15 is 0 Å². The molecule has 2 aromatic carbocycles. The predicted octanol–water partition coefficient (Wildman–Crippen LogP) is 3.67. The Morgan fingerprint density at radius 2 is 1.68 bits per heavy atom. The number of rotatable bonds is 3. The molecule has 5 nitrogen and oxygen atoms in total. The van der Waals surface area contributed by atoms with Crippen molar-refractivity contribution >= 4 is 22.4 Å². The van der Waals surface area contributed by atoms with Gasteiger partial charge in [-0.15, -0.1) is 10.2 Å². The molecule has 0 aliphatic heterocycles. The van der Waals surface area contributed by atoms with Crippen molar-refractivity contribution in [2.75, 3.05) is 7.11 Å². The second-order valence-electron chi connectivity index (χ2n) is 7.66. The van der Waals surface area contributed by atoms with E-state index in [1.54, 1.807) is 11.5 Å². The zero-order valence-corrected chi connectivity index (χ0v) is 17.1. The molecule has 0 N–H and O–H groups in total. The molecule has 4 aromatic rings. The first kappa shape index (κ1) is 18.4. The van der Waals surface area contributed by atoms with Gasteiger partial charge in [-0.2, -0.15) is 0 Å². The molecule has 0 aliphatic carbocycles. The number of hydrogen-bond acceptors (Lipinski definition) is 5. The van der Waals surface area contributed by atoms with E-state index in [4.69, 9.17) is 4.74 Å². The Bertz CT molecular complexity index is 1230. The third kappa shape index (κ3) is 3.31. The van der Waals surface area contributed by atoms with E-state index in [0.29, 0.717) is 15.3 Å². The van der Waals surface area contributed by atoms with Crippen molar-refractivity contribution < 1.29 is 4.74 Å². The summed E-state index contributed by atoms with van der Waals surface area (Å²) in [5, 5.41) is 8.45. The van der Waals surface area contributed by atoms with E-state index in [2.05, 4.69) is 43.1 Å². The summed E-state index contributed by atoms with van der Waals surface area (Å²) in [6.07, 6.45) is 1.87. The lowest BCUT2D eigenvalue weighted by Gasteiger charge is -2.18. The molecular formula is C22H21N3O2S. The molecule has 0 amide bonds. The van der Waals surface area contributed by atoms with Crippen LogP contribution >= 0.6 is 11.3 Å². The molecule has 0 bridgehead atoms. The Hall–Kier alpha value is -2.99. The number of fused-ring (bicyclic) bond motifs is 1. The van der Waals surface area contributed by atoms with Crippen LogP contribution < -0.4 is 14.8 Å². The first-order chi connectivity index (χ1) is 13.4. The quantitative estimate of drug-likeness (QED) is 0.535. The van der Waals surface area contributed by atoms with E-state index in [9.17, 15) is 4.79 Å². The van der Waals surface area contributed by atoms with Gasteiger partial charge in [-0.1, -0.05) is 68.5 Å². The lowest BCUT2D eigenvalue weighted by atomic mass is 9.87. The first-order valence-corrected chi connectivity index (χ1v) is 9.83. The van der Waals surface area contributed by atoms with Gasteiger partial charge in [-0.25, -0.2) is 4.40 Å². The SMILES string of the molecule is COc1ccc(/C=c2\sc3nnc(-c4ccc(C(C)(C)C)cc4)n3c2=O)cc1. The smallest absolute Gasteiger partial charge is 0.276 e. The molecule has 0 radical (unpaired) electrons. The van der Waals surface area contributed by atoms with Gasteiger partial charge in [0.15, 0.2) is 5.82 Å². The monoisotopic (exact) mass is 391 g/mol. The zero-order valence-electron chi connectivity index (χ0n) is 16.3. The summed E-state index contributed by atoms with van der Waals surface area (Å²) in [4.78, 5) is 13.6. The molecule has 0 unspecified atom stereocenters. The van der Waals surface area contributed by atoms with Gasteiger partial charge in [0.25, 0.3) is 5.56 Å². The summed E-state index contributed by atoms with van der Waals surface area (Å²) < 4.78 is 7.39. The lowest BCUT2D eigenvalue weighted by Crippen LogP contribution is -2.23. The Balaban J connectivity index is 1.78. The maximum atomic E-state index is 13.0. The molecule has 6 heteroatoms. The topological polar surface area (TPSA) is 56.5 Å². The maximum Gasteiger partial charge on any atom is 0.276 e. The summed E-state index contributed by atoms with van der Waals surface area (Å²) in [7, 11) is 1.63. The van der Waals surface area contributed by atoms with Gasteiger partial charge in [0.2, 0.25) is 4.96 Å². The van der Waals surface area contributed by atoms with Gasteiger partial charge >= 0.3 is 0 Å². The van der Waals surface area contributed by atoms with Crippen LogP contribution in [0.15, 0.2) is 53.3 Å².